The molecule has 0 bridgehead atoms. The van der Waals surface area contributed by atoms with E-state index in [1.165, 1.54) is 9.80 Å². The number of rotatable bonds is 13. The molecular formula is C14H28N2O5SSi. The fourth-order valence-corrected chi connectivity index (χ4v) is 5.39. The molecule has 0 N–H and O–H groups in total. The summed E-state index contributed by atoms with van der Waals surface area (Å²) in [6.45, 7) is 8.16. The summed E-state index contributed by atoms with van der Waals surface area (Å²) >= 11 is 1.61. The molecule has 0 spiro atoms. The third-order valence-electron chi connectivity index (χ3n) is 3.40. The van der Waals surface area contributed by atoms with E-state index in [1.54, 1.807) is 11.8 Å². The second kappa shape index (κ2) is 10.3. The maximum atomic E-state index is 12.0. The van der Waals surface area contributed by atoms with Gasteiger partial charge in [-0.1, -0.05) is 0 Å². The molecule has 0 saturated carbocycles. The number of amides is 4. The minimum absolute atomic E-state index is 0.208. The highest BCUT2D eigenvalue weighted by Gasteiger charge is 2.44. The number of hydrogen-bond donors (Lipinski definition) is 0. The smallest absolute Gasteiger partial charge is 0.374 e. The molecule has 0 aromatic rings. The molecule has 23 heavy (non-hydrogen) atoms. The summed E-state index contributed by atoms with van der Waals surface area (Å²) in [5.41, 5.74) is 0. The Kier molecular flexibility index (Phi) is 9.14. The lowest BCUT2D eigenvalue weighted by Crippen LogP contribution is -2.64. The van der Waals surface area contributed by atoms with Gasteiger partial charge < -0.3 is 13.3 Å². The number of urea groups is 2. The van der Waals surface area contributed by atoms with Gasteiger partial charge in [0.15, 0.2) is 0 Å². The van der Waals surface area contributed by atoms with Crippen LogP contribution in [-0.4, -0.2) is 75.6 Å². The molecule has 0 atom stereocenters. The van der Waals surface area contributed by atoms with Crippen molar-refractivity contribution in [2.75, 3.05) is 44.9 Å². The topological polar surface area (TPSA) is 68.3 Å². The van der Waals surface area contributed by atoms with Crippen molar-refractivity contribution in [3.63, 3.8) is 0 Å². The Bertz CT molecular complexity index is 366. The Morgan fingerprint density at radius 1 is 0.913 bits per heavy atom. The lowest BCUT2D eigenvalue weighted by molar-refractivity contribution is 0.0687. The average molecular weight is 365 g/mol. The van der Waals surface area contributed by atoms with Gasteiger partial charge in [-0.25, -0.2) is 19.4 Å². The van der Waals surface area contributed by atoms with Gasteiger partial charge in [0, 0.05) is 44.7 Å². The Morgan fingerprint density at radius 2 is 1.39 bits per heavy atom. The molecule has 1 rings (SSSR count). The minimum Gasteiger partial charge on any atom is -0.374 e. The fraction of sp³-hybridized carbons (Fsp3) is 0.857. The van der Waals surface area contributed by atoms with Crippen molar-refractivity contribution in [2.24, 2.45) is 0 Å². The summed E-state index contributed by atoms with van der Waals surface area (Å²) in [5.74, 6) is 0.764. The normalized spacial score (nSPS) is 15.3. The molecule has 1 saturated heterocycles. The summed E-state index contributed by atoms with van der Waals surface area (Å²) in [6.07, 6.45) is 2.58. The van der Waals surface area contributed by atoms with Crippen molar-refractivity contribution >= 4 is 32.6 Å². The van der Waals surface area contributed by atoms with Gasteiger partial charge in [-0.2, -0.15) is 11.8 Å². The zero-order valence-electron chi connectivity index (χ0n) is 14.5. The molecular weight excluding hydrogens is 336 g/mol. The van der Waals surface area contributed by atoms with Crippen LogP contribution in [0.1, 0.15) is 27.2 Å². The Labute approximate surface area is 144 Å². The number of hydrogen-bond acceptors (Lipinski definition) is 6. The summed E-state index contributed by atoms with van der Waals surface area (Å²) in [4.78, 5) is 26.5. The van der Waals surface area contributed by atoms with E-state index in [0.717, 1.165) is 5.75 Å². The molecule has 1 fully saturated rings. The second-order valence-corrected chi connectivity index (χ2v) is 8.66. The molecule has 0 aromatic carbocycles. The van der Waals surface area contributed by atoms with E-state index >= 15 is 0 Å². The van der Waals surface area contributed by atoms with Crippen LogP contribution in [0, 0.1) is 0 Å². The van der Waals surface area contributed by atoms with Gasteiger partial charge in [-0.15, -0.1) is 0 Å². The van der Waals surface area contributed by atoms with Gasteiger partial charge in [0.2, 0.25) is 0 Å². The van der Waals surface area contributed by atoms with Crippen molar-refractivity contribution < 1.29 is 22.9 Å². The van der Waals surface area contributed by atoms with Crippen molar-refractivity contribution in [1.82, 2.24) is 9.80 Å². The number of nitrogens with zero attached hydrogens (tertiary/aromatic N) is 2. The standard InChI is InChI=1S/C14H28N2O5SSi/c1-5-19-23(20-6-2,21-7-3)12-8-9-15-13(17)16(14(15)18)10-11-22-4/h5-12H2,1-4H3. The van der Waals surface area contributed by atoms with E-state index in [4.69, 9.17) is 13.3 Å². The van der Waals surface area contributed by atoms with Crippen LogP contribution in [0.4, 0.5) is 9.59 Å². The zero-order chi connectivity index (χ0) is 17.3. The van der Waals surface area contributed by atoms with Crippen LogP contribution in [0.5, 0.6) is 0 Å². The average Bonchev–Trinajstić information content (AvgIpc) is 2.52. The highest BCUT2D eigenvalue weighted by atomic mass is 32.2. The lowest BCUT2D eigenvalue weighted by atomic mass is 10.3. The summed E-state index contributed by atoms with van der Waals surface area (Å²) in [5, 5.41) is 0. The van der Waals surface area contributed by atoms with Gasteiger partial charge in [0.25, 0.3) is 0 Å². The number of carbonyl (C=O) groups excluding carboxylic acids is 2. The van der Waals surface area contributed by atoms with Crippen LogP contribution in [0.25, 0.3) is 0 Å². The summed E-state index contributed by atoms with van der Waals surface area (Å²) in [7, 11) is -2.70. The molecule has 0 radical (unpaired) electrons. The van der Waals surface area contributed by atoms with Crippen molar-refractivity contribution in [2.45, 2.75) is 33.2 Å². The first-order chi connectivity index (χ1) is 11.0. The van der Waals surface area contributed by atoms with E-state index in [1.807, 2.05) is 27.0 Å². The number of imide groups is 2. The Balaban J connectivity index is 2.47. The van der Waals surface area contributed by atoms with Gasteiger partial charge in [0.1, 0.15) is 0 Å². The van der Waals surface area contributed by atoms with Gasteiger partial charge in [-0.05, 0) is 33.4 Å². The third kappa shape index (κ3) is 5.46. The van der Waals surface area contributed by atoms with Crippen LogP contribution in [0.3, 0.4) is 0 Å². The molecule has 7 nitrogen and oxygen atoms in total. The second-order valence-electron chi connectivity index (χ2n) is 4.95. The molecule has 1 heterocycles. The SMILES string of the molecule is CCO[Si](CCCN1C(=O)N(CCSC)C1=O)(OCC)OCC. The molecule has 134 valence electrons. The molecule has 4 amide bonds. The van der Waals surface area contributed by atoms with E-state index in [9.17, 15) is 9.59 Å². The summed E-state index contributed by atoms with van der Waals surface area (Å²) in [6, 6.07) is 0.186. The highest BCUT2D eigenvalue weighted by molar-refractivity contribution is 7.98. The van der Waals surface area contributed by atoms with Crippen LogP contribution < -0.4 is 0 Å². The van der Waals surface area contributed by atoms with Crippen molar-refractivity contribution in [3.8, 4) is 0 Å². The lowest BCUT2D eigenvalue weighted by Gasteiger charge is -2.39. The quantitative estimate of drug-likeness (QED) is 0.468. The van der Waals surface area contributed by atoms with Gasteiger partial charge in [-0.3, -0.25) is 0 Å². The molecule has 1 aliphatic heterocycles. The first-order valence-corrected chi connectivity index (χ1v) is 11.4. The number of thioether (sulfide) groups is 1. The largest absolute Gasteiger partial charge is 0.500 e. The van der Waals surface area contributed by atoms with Crippen molar-refractivity contribution in [1.29, 1.82) is 0 Å². The zero-order valence-corrected chi connectivity index (χ0v) is 16.3. The highest BCUT2D eigenvalue weighted by Crippen LogP contribution is 2.22. The monoisotopic (exact) mass is 364 g/mol. The summed E-state index contributed by atoms with van der Waals surface area (Å²) < 4.78 is 17.3. The predicted octanol–water partition coefficient (Wildman–Crippen LogP) is 2.65. The van der Waals surface area contributed by atoms with E-state index in [-0.39, 0.29) is 12.1 Å². The minimum atomic E-state index is -2.70. The maximum absolute atomic E-state index is 12.0. The Morgan fingerprint density at radius 3 is 1.83 bits per heavy atom. The van der Waals surface area contributed by atoms with E-state index in [0.29, 0.717) is 45.4 Å². The van der Waals surface area contributed by atoms with E-state index < -0.39 is 8.80 Å². The van der Waals surface area contributed by atoms with Gasteiger partial charge >= 0.3 is 20.9 Å². The maximum Gasteiger partial charge on any atom is 0.500 e. The fourth-order valence-electron chi connectivity index (χ4n) is 2.43. The van der Waals surface area contributed by atoms with Gasteiger partial charge in [0.05, 0.1) is 0 Å². The van der Waals surface area contributed by atoms with Crippen molar-refractivity contribution in [3.05, 3.63) is 0 Å². The third-order valence-corrected chi connectivity index (χ3v) is 7.14. The van der Waals surface area contributed by atoms with Crippen LogP contribution in [0.15, 0.2) is 0 Å². The first-order valence-electron chi connectivity index (χ1n) is 8.09. The van der Waals surface area contributed by atoms with Crippen LogP contribution in [-0.2, 0) is 13.3 Å². The first kappa shape index (κ1) is 20.4. The number of carbonyl (C=O) groups is 2. The predicted molar refractivity (Wildman–Crippen MR) is 92.6 cm³/mol. The molecule has 0 aromatic heterocycles. The Hall–Kier alpha value is -0.613. The van der Waals surface area contributed by atoms with Crippen LogP contribution in [0.2, 0.25) is 6.04 Å². The van der Waals surface area contributed by atoms with E-state index in [2.05, 4.69) is 0 Å². The molecule has 0 aliphatic carbocycles. The van der Waals surface area contributed by atoms with Crippen LogP contribution >= 0.6 is 11.8 Å². The molecule has 1 aliphatic rings. The molecule has 9 heteroatoms. The molecule has 0 unspecified atom stereocenters.